The molecule has 2 rings (SSSR count). The highest BCUT2D eigenvalue weighted by Gasteiger charge is 2.13. The number of anilines is 1. The van der Waals surface area contributed by atoms with E-state index in [1.807, 2.05) is 0 Å². The molecule has 0 unspecified atom stereocenters. The lowest BCUT2D eigenvalue weighted by Crippen LogP contribution is -2.04. The van der Waals surface area contributed by atoms with E-state index in [-0.39, 0.29) is 0 Å². The monoisotopic (exact) mass is 310 g/mol. The highest BCUT2D eigenvalue weighted by Crippen LogP contribution is 2.25. The second-order valence-corrected chi connectivity index (χ2v) is 4.31. The number of hydrogen-bond donors (Lipinski definition) is 1. The van der Waals surface area contributed by atoms with Gasteiger partial charge < -0.3 is 10.5 Å². The third-order valence-electron chi connectivity index (χ3n) is 2.22. The molecule has 0 spiro atoms. The number of ether oxygens (including phenoxy) is 1. The highest BCUT2D eigenvalue weighted by atomic mass is 79.9. The molecule has 0 amide bonds. The molecule has 0 aliphatic rings. The maximum absolute atomic E-state index is 11.5. The Hall–Kier alpha value is -1.89. The quantitative estimate of drug-likeness (QED) is 0.874. The molecule has 0 atom stereocenters. The van der Waals surface area contributed by atoms with E-state index < -0.39 is 5.97 Å². The molecule has 0 radical (unpaired) electrons. The summed E-state index contributed by atoms with van der Waals surface area (Å²) in [6.45, 7) is 2.07. The van der Waals surface area contributed by atoms with Crippen molar-refractivity contribution in [1.29, 1.82) is 0 Å². The first-order valence-electron chi connectivity index (χ1n) is 5.24. The molecular formula is C11H11BrN4O2. The summed E-state index contributed by atoms with van der Waals surface area (Å²) < 4.78 is 7.09. The lowest BCUT2D eigenvalue weighted by molar-refractivity contribution is 0.0526. The SMILES string of the molecule is CCOC(=O)c1cnn(-c2c(N)cncc2Br)c1. The summed E-state index contributed by atoms with van der Waals surface area (Å²) in [6.07, 6.45) is 6.13. The van der Waals surface area contributed by atoms with Gasteiger partial charge in [0.2, 0.25) is 0 Å². The van der Waals surface area contributed by atoms with E-state index in [2.05, 4.69) is 26.0 Å². The number of nitrogens with zero attached hydrogens (tertiary/aromatic N) is 3. The van der Waals surface area contributed by atoms with E-state index in [9.17, 15) is 4.79 Å². The fourth-order valence-electron chi connectivity index (χ4n) is 1.45. The molecule has 0 aliphatic heterocycles. The summed E-state index contributed by atoms with van der Waals surface area (Å²) >= 11 is 3.34. The fourth-order valence-corrected chi connectivity index (χ4v) is 1.98. The van der Waals surface area contributed by atoms with Gasteiger partial charge in [0.1, 0.15) is 5.69 Å². The lowest BCUT2D eigenvalue weighted by Gasteiger charge is -2.06. The minimum atomic E-state index is -0.410. The number of hydrogen-bond acceptors (Lipinski definition) is 5. The smallest absolute Gasteiger partial charge is 0.341 e. The van der Waals surface area contributed by atoms with Gasteiger partial charge in [-0.1, -0.05) is 0 Å². The number of nitrogen functional groups attached to an aromatic ring is 1. The standard InChI is InChI=1S/C11H11BrN4O2/c1-2-18-11(17)7-3-15-16(6-7)10-8(12)4-14-5-9(10)13/h3-6H,2,13H2,1H3. The van der Waals surface area contributed by atoms with Crippen LogP contribution in [0.5, 0.6) is 0 Å². The molecule has 2 aromatic rings. The Morgan fingerprint density at radius 2 is 2.28 bits per heavy atom. The van der Waals surface area contributed by atoms with Crippen LogP contribution in [0.4, 0.5) is 5.69 Å². The zero-order valence-electron chi connectivity index (χ0n) is 9.63. The van der Waals surface area contributed by atoms with E-state index in [1.165, 1.54) is 17.1 Å². The third kappa shape index (κ3) is 2.35. The number of nitrogens with two attached hydrogens (primary N) is 1. The maximum atomic E-state index is 11.5. The van der Waals surface area contributed by atoms with Gasteiger partial charge in [0, 0.05) is 12.4 Å². The molecular weight excluding hydrogens is 300 g/mol. The molecule has 2 aromatic heterocycles. The first-order chi connectivity index (χ1) is 8.63. The van der Waals surface area contributed by atoms with Crippen molar-refractivity contribution in [2.45, 2.75) is 6.92 Å². The van der Waals surface area contributed by atoms with Gasteiger partial charge in [0.05, 0.1) is 34.7 Å². The summed E-state index contributed by atoms with van der Waals surface area (Å²) in [6, 6.07) is 0. The highest BCUT2D eigenvalue weighted by molar-refractivity contribution is 9.10. The van der Waals surface area contributed by atoms with Crippen LogP contribution in [-0.2, 0) is 4.74 Å². The summed E-state index contributed by atoms with van der Waals surface area (Å²) in [5.41, 5.74) is 7.30. The number of esters is 1. The fraction of sp³-hybridized carbons (Fsp3) is 0.182. The van der Waals surface area contributed by atoms with Gasteiger partial charge in [-0.3, -0.25) is 4.98 Å². The number of rotatable bonds is 3. The first-order valence-corrected chi connectivity index (χ1v) is 6.04. The van der Waals surface area contributed by atoms with E-state index in [0.29, 0.717) is 28.0 Å². The van der Waals surface area contributed by atoms with Crippen LogP contribution in [0.25, 0.3) is 5.69 Å². The van der Waals surface area contributed by atoms with Gasteiger partial charge in [-0.15, -0.1) is 0 Å². The second-order valence-electron chi connectivity index (χ2n) is 3.45. The van der Waals surface area contributed by atoms with Gasteiger partial charge in [0.25, 0.3) is 0 Å². The predicted octanol–water partition coefficient (Wildman–Crippen LogP) is 1.79. The minimum absolute atomic E-state index is 0.325. The summed E-state index contributed by atoms with van der Waals surface area (Å²) in [5, 5.41) is 4.09. The van der Waals surface area contributed by atoms with Crippen molar-refractivity contribution in [3.8, 4) is 5.69 Å². The van der Waals surface area contributed by atoms with Crippen LogP contribution < -0.4 is 5.73 Å². The van der Waals surface area contributed by atoms with E-state index >= 15 is 0 Å². The Balaban J connectivity index is 2.38. The van der Waals surface area contributed by atoms with Gasteiger partial charge in [-0.25, -0.2) is 9.48 Å². The average molecular weight is 311 g/mol. The average Bonchev–Trinajstić information content (AvgIpc) is 2.78. The molecule has 0 bridgehead atoms. The Morgan fingerprint density at radius 3 is 2.94 bits per heavy atom. The molecule has 0 aromatic carbocycles. The van der Waals surface area contributed by atoms with Crippen LogP contribution in [0.15, 0.2) is 29.3 Å². The molecule has 0 saturated heterocycles. The van der Waals surface area contributed by atoms with Crippen LogP contribution in [0.1, 0.15) is 17.3 Å². The van der Waals surface area contributed by atoms with E-state index in [0.717, 1.165) is 0 Å². The Labute approximate surface area is 112 Å². The Kier molecular flexibility index (Phi) is 3.61. The zero-order chi connectivity index (χ0) is 13.1. The van der Waals surface area contributed by atoms with Gasteiger partial charge >= 0.3 is 5.97 Å². The van der Waals surface area contributed by atoms with Crippen molar-refractivity contribution in [1.82, 2.24) is 14.8 Å². The molecule has 2 heterocycles. The van der Waals surface area contributed by atoms with E-state index in [4.69, 9.17) is 10.5 Å². The van der Waals surface area contributed by atoms with Crippen LogP contribution in [0.2, 0.25) is 0 Å². The summed E-state index contributed by atoms with van der Waals surface area (Å²) in [7, 11) is 0. The second kappa shape index (κ2) is 5.18. The molecule has 18 heavy (non-hydrogen) atoms. The zero-order valence-corrected chi connectivity index (χ0v) is 11.2. The maximum Gasteiger partial charge on any atom is 0.341 e. The van der Waals surface area contributed by atoms with Crippen LogP contribution in [0.3, 0.4) is 0 Å². The van der Waals surface area contributed by atoms with Crippen molar-refractivity contribution < 1.29 is 9.53 Å². The first kappa shape index (κ1) is 12.6. The van der Waals surface area contributed by atoms with Crippen molar-refractivity contribution in [3.63, 3.8) is 0 Å². The van der Waals surface area contributed by atoms with Crippen LogP contribution in [-0.4, -0.2) is 27.3 Å². The molecule has 0 fully saturated rings. The number of halogens is 1. The van der Waals surface area contributed by atoms with Crippen molar-refractivity contribution in [2.75, 3.05) is 12.3 Å². The van der Waals surface area contributed by atoms with Crippen molar-refractivity contribution in [3.05, 3.63) is 34.8 Å². The molecule has 2 N–H and O–H groups in total. The normalized spacial score (nSPS) is 10.3. The largest absolute Gasteiger partial charge is 0.462 e. The summed E-state index contributed by atoms with van der Waals surface area (Å²) in [4.78, 5) is 15.5. The lowest BCUT2D eigenvalue weighted by atomic mass is 10.3. The molecule has 94 valence electrons. The Morgan fingerprint density at radius 1 is 1.50 bits per heavy atom. The van der Waals surface area contributed by atoms with Crippen LogP contribution in [0, 0.1) is 0 Å². The van der Waals surface area contributed by atoms with E-state index in [1.54, 1.807) is 19.3 Å². The third-order valence-corrected chi connectivity index (χ3v) is 2.80. The van der Waals surface area contributed by atoms with Gasteiger partial charge in [-0.05, 0) is 22.9 Å². The topological polar surface area (TPSA) is 83.0 Å². The van der Waals surface area contributed by atoms with Crippen molar-refractivity contribution >= 4 is 27.6 Å². The number of carbonyl (C=O) groups is 1. The minimum Gasteiger partial charge on any atom is -0.462 e. The van der Waals surface area contributed by atoms with Gasteiger partial charge in [-0.2, -0.15) is 5.10 Å². The molecule has 6 nitrogen and oxygen atoms in total. The number of carbonyl (C=O) groups excluding carboxylic acids is 1. The summed E-state index contributed by atoms with van der Waals surface area (Å²) in [5.74, 6) is -0.410. The molecule has 0 saturated carbocycles. The molecule has 7 heteroatoms. The van der Waals surface area contributed by atoms with Crippen LogP contribution >= 0.6 is 15.9 Å². The Bertz CT molecular complexity index is 562. The number of aromatic nitrogens is 3. The number of pyridine rings is 1. The predicted molar refractivity (Wildman–Crippen MR) is 69.4 cm³/mol. The van der Waals surface area contributed by atoms with Gasteiger partial charge in [0.15, 0.2) is 0 Å². The molecule has 0 aliphatic carbocycles. The van der Waals surface area contributed by atoms with Crippen molar-refractivity contribution in [2.24, 2.45) is 0 Å².